The van der Waals surface area contributed by atoms with Crippen LogP contribution >= 0.6 is 0 Å². The van der Waals surface area contributed by atoms with Crippen LogP contribution in [0, 0.1) is 0 Å². The Bertz CT molecular complexity index is 1500. The van der Waals surface area contributed by atoms with Crippen molar-refractivity contribution in [2.75, 3.05) is 0 Å². The average molecular weight is 386 g/mol. The second-order valence-corrected chi connectivity index (χ2v) is 7.45. The SMILES string of the molecule is C(=Cc1cc2c(ccc3ccccc32)o1)c1ccc(-c2cc3ccccc3o2)cc1. The lowest BCUT2D eigenvalue weighted by molar-refractivity contribution is 0.605. The first-order valence-corrected chi connectivity index (χ1v) is 10.0. The molecule has 0 bridgehead atoms. The molecule has 0 N–H and O–H groups in total. The Balaban J connectivity index is 1.29. The zero-order valence-electron chi connectivity index (χ0n) is 16.2. The predicted octanol–water partition coefficient (Wildman–Crippen LogP) is 8.17. The van der Waals surface area contributed by atoms with Crippen molar-refractivity contribution in [2.24, 2.45) is 0 Å². The van der Waals surface area contributed by atoms with Gasteiger partial charge in [-0.25, -0.2) is 0 Å². The van der Waals surface area contributed by atoms with Gasteiger partial charge in [-0.1, -0.05) is 78.9 Å². The highest BCUT2D eigenvalue weighted by Gasteiger charge is 2.07. The fraction of sp³-hybridized carbons (Fsp3) is 0. The number of para-hydroxylation sites is 1. The summed E-state index contributed by atoms with van der Waals surface area (Å²) in [4.78, 5) is 0. The van der Waals surface area contributed by atoms with Crippen LogP contribution in [0.4, 0.5) is 0 Å². The second-order valence-electron chi connectivity index (χ2n) is 7.45. The Morgan fingerprint density at radius 2 is 1.33 bits per heavy atom. The molecule has 0 aliphatic carbocycles. The lowest BCUT2D eigenvalue weighted by Gasteiger charge is -1.98. The first kappa shape index (κ1) is 16.9. The van der Waals surface area contributed by atoms with Gasteiger partial charge >= 0.3 is 0 Å². The standard InChI is InChI=1S/C28H18O2/c1-3-7-24-20(5-1)14-16-27-25(24)18-23(29-27)15-11-19-9-12-21(13-10-19)28-17-22-6-2-4-8-26(22)30-28/h1-18H. The normalized spacial score (nSPS) is 11.9. The Morgan fingerprint density at radius 3 is 2.20 bits per heavy atom. The summed E-state index contributed by atoms with van der Waals surface area (Å²) >= 11 is 0. The molecule has 2 aromatic heterocycles. The van der Waals surface area contributed by atoms with E-state index >= 15 is 0 Å². The molecule has 0 aliphatic heterocycles. The number of furan rings is 2. The molecular weight excluding hydrogens is 368 g/mol. The topological polar surface area (TPSA) is 26.3 Å². The van der Waals surface area contributed by atoms with Gasteiger partial charge in [-0.3, -0.25) is 0 Å². The molecule has 0 aliphatic rings. The minimum absolute atomic E-state index is 0.850. The van der Waals surface area contributed by atoms with Crippen molar-refractivity contribution >= 4 is 44.9 Å². The fourth-order valence-corrected chi connectivity index (χ4v) is 3.96. The summed E-state index contributed by atoms with van der Waals surface area (Å²) in [6.07, 6.45) is 4.09. The minimum Gasteiger partial charge on any atom is -0.457 e. The molecule has 0 spiro atoms. The summed E-state index contributed by atoms with van der Waals surface area (Å²) in [5, 5.41) is 4.71. The van der Waals surface area contributed by atoms with Gasteiger partial charge in [0.1, 0.15) is 22.7 Å². The van der Waals surface area contributed by atoms with Crippen molar-refractivity contribution in [3.63, 3.8) is 0 Å². The van der Waals surface area contributed by atoms with Gasteiger partial charge in [0.25, 0.3) is 0 Å². The van der Waals surface area contributed by atoms with Gasteiger partial charge < -0.3 is 8.83 Å². The molecule has 2 nitrogen and oxygen atoms in total. The molecular formula is C28H18O2. The van der Waals surface area contributed by atoms with Crippen molar-refractivity contribution in [1.82, 2.24) is 0 Å². The maximum Gasteiger partial charge on any atom is 0.135 e. The van der Waals surface area contributed by atoms with E-state index in [9.17, 15) is 0 Å². The van der Waals surface area contributed by atoms with Gasteiger partial charge in [-0.05, 0) is 46.7 Å². The van der Waals surface area contributed by atoms with Gasteiger partial charge in [-0.15, -0.1) is 0 Å². The Morgan fingerprint density at radius 1 is 0.533 bits per heavy atom. The first-order valence-electron chi connectivity index (χ1n) is 10.0. The van der Waals surface area contributed by atoms with Crippen molar-refractivity contribution in [1.29, 1.82) is 0 Å². The summed E-state index contributed by atoms with van der Waals surface area (Å²) in [6, 6.07) is 33.2. The van der Waals surface area contributed by atoms with E-state index in [1.165, 1.54) is 10.8 Å². The van der Waals surface area contributed by atoms with Crippen LogP contribution in [0.15, 0.2) is 106 Å². The summed E-state index contributed by atoms with van der Waals surface area (Å²) in [5.74, 6) is 1.73. The van der Waals surface area contributed by atoms with Crippen LogP contribution < -0.4 is 0 Å². The molecule has 0 fully saturated rings. The van der Waals surface area contributed by atoms with Crippen LogP contribution in [0.2, 0.25) is 0 Å². The van der Waals surface area contributed by atoms with E-state index in [-0.39, 0.29) is 0 Å². The molecule has 0 saturated heterocycles. The molecule has 0 unspecified atom stereocenters. The number of hydrogen-bond donors (Lipinski definition) is 0. The molecule has 0 saturated carbocycles. The average Bonchev–Trinajstić information content (AvgIpc) is 3.42. The van der Waals surface area contributed by atoms with Crippen LogP contribution in [0.3, 0.4) is 0 Å². The van der Waals surface area contributed by atoms with Crippen molar-refractivity contribution in [3.05, 3.63) is 108 Å². The molecule has 30 heavy (non-hydrogen) atoms. The summed E-state index contributed by atoms with van der Waals surface area (Å²) < 4.78 is 12.0. The predicted molar refractivity (Wildman–Crippen MR) is 124 cm³/mol. The lowest BCUT2D eigenvalue weighted by atomic mass is 10.1. The van der Waals surface area contributed by atoms with Crippen LogP contribution in [0.5, 0.6) is 0 Å². The monoisotopic (exact) mass is 386 g/mol. The number of rotatable bonds is 3. The van der Waals surface area contributed by atoms with E-state index in [0.717, 1.165) is 44.6 Å². The lowest BCUT2D eigenvalue weighted by Crippen LogP contribution is -1.75. The number of benzene rings is 4. The molecule has 0 radical (unpaired) electrons. The minimum atomic E-state index is 0.850. The zero-order chi connectivity index (χ0) is 19.9. The molecule has 0 amide bonds. The Labute approximate surface area is 173 Å². The summed E-state index contributed by atoms with van der Waals surface area (Å²) in [6.45, 7) is 0. The van der Waals surface area contributed by atoms with Crippen LogP contribution in [-0.4, -0.2) is 0 Å². The highest BCUT2D eigenvalue weighted by molar-refractivity contribution is 6.06. The van der Waals surface area contributed by atoms with E-state index < -0.39 is 0 Å². The van der Waals surface area contributed by atoms with E-state index in [0.29, 0.717) is 0 Å². The summed E-state index contributed by atoms with van der Waals surface area (Å²) in [7, 11) is 0. The first-order chi connectivity index (χ1) is 14.8. The quantitative estimate of drug-likeness (QED) is 0.306. The van der Waals surface area contributed by atoms with Crippen molar-refractivity contribution < 1.29 is 8.83 Å². The zero-order valence-corrected chi connectivity index (χ0v) is 16.2. The molecule has 0 atom stereocenters. The Kier molecular flexibility index (Phi) is 3.82. The smallest absolute Gasteiger partial charge is 0.135 e. The maximum atomic E-state index is 6.02. The molecule has 142 valence electrons. The molecule has 2 heterocycles. The van der Waals surface area contributed by atoms with E-state index in [1.54, 1.807) is 0 Å². The third-order valence-corrected chi connectivity index (χ3v) is 5.51. The van der Waals surface area contributed by atoms with E-state index in [1.807, 2.05) is 30.3 Å². The number of fused-ring (bicyclic) bond motifs is 4. The molecule has 6 rings (SSSR count). The van der Waals surface area contributed by atoms with Crippen LogP contribution in [-0.2, 0) is 0 Å². The van der Waals surface area contributed by atoms with E-state index in [4.69, 9.17) is 8.83 Å². The highest BCUT2D eigenvalue weighted by Crippen LogP contribution is 2.30. The third-order valence-electron chi connectivity index (χ3n) is 5.51. The van der Waals surface area contributed by atoms with Crippen molar-refractivity contribution in [2.45, 2.75) is 0 Å². The third kappa shape index (κ3) is 2.90. The van der Waals surface area contributed by atoms with E-state index in [2.05, 4.69) is 78.9 Å². The Hall–Kier alpha value is -4.04. The second kappa shape index (κ2) is 6.78. The van der Waals surface area contributed by atoms with Crippen LogP contribution in [0.1, 0.15) is 11.3 Å². The maximum absolute atomic E-state index is 6.02. The number of hydrogen-bond acceptors (Lipinski definition) is 2. The molecule has 4 aromatic carbocycles. The van der Waals surface area contributed by atoms with Gasteiger partial charge in [0, 0.05) is 16.3 Å². The molecule has 6 aromatic rings. The van der Waals surface area contributed by atoms with Gasteiger partial charge in [-0.2, -0.15) is 0 Å². The van der Waals surface area contributed by atoms with Gasteiger partial charge in [0.15, 0.2) is 0 Å². The highest BCUT2D eigenvalue weighted by atomic mass is 16.3. The fourth-order valence-electron chi connectivity index (χ4n) is 3.96. The molecule has 2 heteroatoms. The largest absolute Gasteiger partial charge is 0.457 e. The van der Waals surface area contributed by atoms with Crippen molar-refractivity contribution in [3.8, 4) is 11.3 Å². The van der Waals surface area contributed by atoms with Gasteiger partial charge in [0.05, 0.1) is 0 Å². The van der Waals surface area contributed by atoms with Crippen LogP contribution in [0.25, 0.3) is 56.2 Å². The summed E-state index contributed by atoms with van der Waals surface area (Å²) in [5.41, 5.74) is 4.00. The van der Waals surface area contributed by atoms with Gasteiger partial charge in [0.2, 0.25) is 0 Å².